The summed E-state index contributed by atoms with van der Waals surface area (Å²) in [6.07, 6.45) is 78.1. The Kier molecular flexibility index (Phi) is 49.7. The van der Waals surface area contributed by atoms with Gasteiger partial charge in [-0.3, -0.25) is 14.4 Å². The second-order valence-corrected chi connectivity index (χ2v) is 16.3. The molecule has 0 fully saturated rings. The maximum absolute atomic E-state index is 12.8. The van der Waals surface area contributed by atoms with Gasteiger partial charge in [0.25, 0.3) is 0 Å². The third-order valence-electron chi connectivity index (χ3n) is 10.0. The monoisotopic (exact) mass is 921 g/mol. The molecule has 0 spiro atoms. The third kappa shape index (κ3) is 51.9. The van der Waals surface area contributed by atoms with Gasteiger partial charge in [-0.1, -0.05) is 198 Å². The molecule has 6 heteroatoms. The van der Waals surface area contributed by atoms with E-state index < -0.39 is 12.1 Å². The number of hydrogen-bond acceptors (Lipinski definition) is 6. The molecule has 0 rings (SSSR count). The summed E-state index contributed by atoms with van der Waals surface area (Å²) >= 11 is 0. The van der Waals surface area contributed by atoms with E-state index >= 15 is 0 Å². The summed E-state index contributed by atoms with van der Waals surface area (Å²) in [7, 11) is 0. The summed E-state index contributed by atoms with van der Waals surface area (Å²) in [5.41, 5.74) is 0. The van der Waals surface area contributed by atoms with Crippen molar-refractivity contribution in [2.24, 2.45) is 0 Å². The average Bonchev–Trinajstić information content (AvgIpc) is 3.33. The molecule has 6 nitrogen and oxygen atoms in total. The topological polar surface area (TPSA) is 78.9 Å². The molecule has 0 aromatic rings. The molecule has 0 aliphatic carbocycles. The summed E-state index contributed by atoms with van der Waals surface area (Å²) < 4.78 is 16.7. The van der Waals surface area contributed by atoms with Gasteiger partial charge in [0, 0.05) is 19.3 Å². The van der Waals surface area contributed by atoms with Crippen molar-refractivity contribution in [2.45, 2.75) is 194 Å². The summed E-state index contributed by atoms with van der Waals surface area (Å²) in [5.74, 6) is -1.08. The lowest BCUT2D eigenvalue weighted by Crippen LogP contribution is -2.30. The lowest BCUT2D eigenvalue weighted by atomic mass is 10.1. The standard InChI is InChI=1S/C61H92O6/c1-4-7-10-13-16-19-22-25-28-30-33-36-39-42-45-48-51-54-60(63)66-57-58(56-65-59(62)53-50-47-44-41-38-35-32-27-24-21-18-15-12-9-6-3)67-61(64)55-52-49-46-43-40-37-34-31-29-26-23-20-17-14-11-8-5-2/h7-12,16-21,25-29,32-34,36-37,42-43,45-46,58H,4-6,13-15,22-24,30-31,35,38-41,44,47-57H2,1-3H3/b10-7-,11-8-,12-9-,19-16-,20-17-,21-18-,28-25-,29-26-,32-27-,36-33-,37-34-,45-42-,46-43-/t58-/m1/s1. The molecule has 0 amide bonds. The number of unbranched alkanes of at least 4 members (excludes halogenated alkanes) is 7. The van der Waals surface area contributed by atoms with Crippen LogP contribution in [0.5, 0.6) is 0 Å². The summed E-state index contributed by atoms with van der Waals surface area (Å²) in [5, 5.41) is 0. The Morgan fingerprint density at radius 2 is 0.552 bits per heavy atom. The minimum absolute atomic E-state index is 0.135. The highest BCUT2D eigenvalue weighted by Crippen LogP contribution is 2.11. The largest absolute Gasteiger partial charge is 0.462 e. The highest BCUT2D eigenvalue weighted by Gasteiger charge is 2.19. The number of hydrogen-bond donors (Lipinski definition) is 0. The van der Waals surface area contributed by atoms with Crippen LogP contribution in [0.4, 0.5) is 0 Å². The second-order valence-electron chi connectivity index (χ2n) is 16.3. The lowest BCUT2D eigenvalue weighted by Gasteiger charge is -2.18. The van der Waals surface area contributed by atoms with E-state index in [4.69, 9.17) is 14.2 Å². The van der Waals surface area contributed by atoms with E-state index in [0.717, 1.165) is 135 Å². The van der Waals surface area contributed by atoms with Crippen LogP contribution in [-0.2, 0) is 28.6 Å². The maximum atomic E-state index is 12.8. The Morgan fingerprint density at radius 3 is 0.896 bits per heavy atom. The molecule has 0 heterocycles. The molecule has 0 N–H and O–H groups in total. The molecule has 67 heavy (non-hydrogen) atoms. The zero-order valence-corrected chi connectivity index (χ0v) is 42.3. The van der Waals surface area contributed by atoms with Crippen LogP contribution in [0.1, 0.15) is 188 Å². The number of carbonyl (C=O) groups excluding carboxylic acids is 3. The van der Waals surface area contributed by atoms with Crippen LogP contribution in [0.2, 0.25) is 0 Å². The molecule has 1 atom stereocenters. The number of carbonyl (C=O) groups is 3. The fraction of sp³-hybridized carbons (Fsp3) is 0.525. The molecule has 0 radical (unpaired) electrons. The van der Waals surface area contributed by atoms with Crippen molar-refractivity contribution in [1.82, 2.24) is 0 Å². The zero-order chi connectivity index (χ0) is 48.6. The van der Waals surface area contributed by atoms with E-state index in [1.54, 1.807) is 0 Å². The normalized spacial score (nSPS) is 13.4. The van der Waals surface area contributed by atoms with E-state index in [2.05, 4.69) is 179 Å². The van der Waals surface area contributed by atoms with Gasteiger partial charge in [-0.2, -0.15) is 0 Å². The molecule has 0 saturated heterocycles. The smallest absolute Gasteiger partial charge is 0.306 e. The van der Waals surface area contributed by atoms with E-state index in [1.165, 1.54) is 0 Å². The first-order valence-electron chi connectivity index (χ1n) is 26.0. The Morgan fingerprint density at radius 1 is 0.299 bits per heavy atom. The van der Waals surface area contributed by atoms with E-state index in [0.29, 0.717) is 19.3 Å². The molecule has 0 unspecified atom stereocenters. The van der Waals surface area contributed by atoms with Crippen molar-refractivity contribution in [3.63, 3.8) is 0 Å². The van der Waals surface area contributed by atoms with E-state index in [9.17, 15) is 14.4 Å². The Balaban J connectivity index is 4.64. The van der Waals surface area contributed by atoms with Crippen molar-refractivity contribution in [2.75, 3.05) is 13.2 Å². The fourth-order valence-electron chi connectivity index (χ4n) is 6.23. The van der Waals surface area contributed by atoms with Gasteiger partial charge in [0.15, 0.2) is 6.10 Å². The molecule has 0 bridgehead atoms. The fourth-order valence-corrected chi connectivity index (χ4v) is 6.23. The van der Waals surface area contributed by atoms with Crippen molar-refractivity contribution < 1.29 is 28.6 Å². The van der Waals surface area contributed by atoms with Crippen LogP contribution < -0.4 is 0 Å². The molecule has 0 aromatic carbocycles. The van der Waals surface area contributed by atoms with Gasteiger partial charge in [0.2, 0.25) is 0 Å². The van der Waals surface area contributed by atoms with Crippen LogP contribution in [0.15, 0.2) is 158 Å². The van der Waals surface area contributed by atoms with Gasteiger partial charge in [-0.25, -0.2) is 0 Å². The number of ether oxygens (including phenoxy) is 3. The molecule has 0 aliphatic rings. The lowest BCUT2D eigenvalue weighted by molar-refractivity contribution is -0.167. The number of rotatable bonds is 44. The first kappa shape index (κ1) is 62.0. The molecular weight excluding hydrogens is 829 g/mol. The molecule has 0 aliphatic heterocycles. The Bertz CT molecular complexity index is 1570. The van der Waals surface area contributed by atoms with Crippen LogP contribution in [0, 0.1) is 0 Å². The SMILES string of the molecule is CC/C=C\C/C=C\C/C=C\C/C=C\C/C=C\CCCC(=O)OC[C@@H](COC(=O)CCCCCCC/C=C\C/C=C\C/C=C\CC)OC(=O)CCC/C=C\C/C=C\C/C=C\C/C=C\C/C=C\CC. The van der Waals surface area contributed by atoms with E-state index in [-0.39, 0.29) is 38.0 Å². The van der Waals surface area contributed by atoms with E-state index in [1.807, 2.05) is 0 Å². The molecule has 372 valence electrons. The minimum Gasteiger partial charge on any atom is -0.462 e. The van der Waals surface area contributed by atoms with Crippen LogP contribution in [0.25, 0.3) is 0 Å². The first-order chi connectivity index (χ1) is 33.0. The van der Waals surface area contributed by atoms with Crippen molar-refractivity contribution in [3.8, 4) is 0 Å². The number of esters is 3. The molecule has 0 saturated carbocycles. The van der Waals surface area contributed by atoms with Crippen LogP contribution in [0.3, 0.4) is 0 Å². The van der Waals surface area contributed by atoms with Crippen molar-refractivity contribution in [1.29, 1.82) is 0 Å². The maximum Gasteiger partial charge on any atom is 0.306 e. The van der Waals surface area contributed by atoms with Crippen LogP contribution >= 0.6 is 0 Å². The van der Waals surface area contributed by atoms with Gasteiger partial charge in [-0.15, -0.1) is 0 Å². The van der Waals surface area contributed by atoms with Gasteiger partial charge in [0.1, 0.15) is 13.2 Å². The van der Waals surface area contributed by atoms with Gasteiger partial charge in [0.05, 0.1) is 0 Å². The summed E-state index contributed by atoms with van der Waals surface area (Å²) in [4.78, 5) is 38.0. The Hall–Kier alpha value is -4.97. The number of allylic oxidation sites excluding steroid dienone is 26. The quantitative estimate of drug-likeness (QED) is 0.0262. The Labute approximate surface area is 409 Å². The van der Waals surface area contributed by atoms with Crippen LogP contribution in [-0.4, -0.2) is 37.2 Å². The minimum atomic E-state index is -0.846. The highest BCUT2D eigenvalue weighted by atomic mass is 16.6. The van der Waals surface area contributed by atoms with Crippen molar-refractivity contribution >= 4 is 17.9 Å². The van der Waals surface area contributed by atoms with Gasteiger partial charge >= 0.3 is 17.9 Å². The average molecular weight is 921 g/mol. The molecule has 0 aromatic heterocycles. The predicted molar refractivity (Wildman–Crippen MR) is 288 cm³/mol. The first-order valence-corrected chi connectivity index (χ1v) is 26.0. The zero-order valence-electron chi connectivity index (χ0n) is 42.3. The second kappa shape index (κ2) is 53.6. The summed E-state index contributed by atoms with van der Waals surface area (Å²) in [6.45, 7) is 6.16. The van der Waals surface area contributed by atoms with Gasteiger partial charge in [-0.05, 0) is 128 Å². The summed E-state index contributed by atoms with van der Waals surface area (Å²) in [6, 6.07) is 0. The predicted octanol–water partition coefficient (Wildman–Crippen LogP) is 17.4. The molecular formula is C61H92O6. The van der Waals surface area contributed by atoms with Gasteiger partial charge < -0.3 is 14.2 Å². The van der Waals surface area contributed by atoms with Crippen molar-refractivity contribution in [3.05, 3.63) is 158 Å². The highest BCUT2D eigenvalue weighted by molar-refractivity contribution is 5.71. The third-order valence-corrected chi connectivity index (χ3v) is 10.0.